The Bertz CT molecular complexity index is 484. The van der Waals surface area contributed by atoms with Gasteiger partial charge in [0.05, 0.1) is 0 Å². The van der Waals surface area contributed by atoms with E-state index in [2.05, 4.69) is 34.4 Å². The van der Waals surface area contributed by atoms with Gasteiger partial charge in [-0.05, 0) is 12.8 Å². The zero-order valence-electron chi connectivity index (χ0n) is 13.0. The Morgan fingerprint density at radius 2 is 2.14 bits per heavy atom. The standard InChI is InChI=1S/C14H25N5OS/c1-4-9(2)10(3)17-13(20)11-12(15)18-14(21-11)19-7-5-16-6-8-19/h9-10,16H,4-8,15H2,1-3H3,(H,17,20). The highest BCUT2D eigenvalue weighted by atomic mass is 32.1. The Balaban J connectivity index is 2.05. The highest BCUT2D eigenvalue weighted by molar-refractivity contribution is 7.18. The van der Waals surface area contributed by atoms with E-state index < -0.39 is 0 Å². The second kappa shape index (κ2) is 7.09. The fourth-order valence-electron chi connectivity index (χ4n) is 2.24. The molecule has 1 aromatic rings. The van der Waals surface area contributed by atoms with Crippen LogP contribution in [0.4, 0.5) is 10.9 Å². The predicted octanol–water partition coefficient (Wildman–Crippen LogP) is 1.30. The van der Waals surface area contributed by atoms with Gasteiger partial charge >= 0.3 is 0 Å². The van der Waals surface area contributed by atoms with Crippen molar-refractivity contribution in [1.29, 1.82) is 0 Å². The van der Waals surface area contributed by atoms with Crippen LogP contribution in [0.2, 0.25) is 0 Å². The largest absolute Gasteiger partial charge is 0.382 e. The quantitative estimate of drug-likeness (QED) is 0.763. The van der Waals surface area contributed by atoms with Crippen molar-refractivity contribution in [3.05, 3.63) is 4.88 Å². The van der Waals surface area contributed by atoms with E-state index in [-0.39, 0.29) is 11.9 Å². The SMILES string of the molecule is CCC(C)C(C)NC(=O)c1sc(N2CCNCC2)nc1N. The molecule has 0 saturated carbocycles. The van der Waals surface area contributed by atoms with Gasteiger partial charge in [-0.2, -0.15) is 0 Å². The highest BCUT2D eigenvalue weighted by Gasteiger charge is 2.22. The van der Waals surface area contributed by atoms with Gasteiger partial charge in [-0.1, -0.05) is 31.6 Å². The van der Waals surface area contributed by atoms with Crippen LogP contribution in [0.15, 0.2) is 0 Å². The molecule has 21 heavy (non-hydrogen) atoms. The summed E-state index contributed by atoms with van der Waals surface area (Å²) in [4.78, 5) is 19.4. The molecule has 4 N–H and O–H groups in total. The van der Waals surface area contributed by atoms with E-state index in [4.69, 9.17) is 5.73 Å². The lowest BCUT2D eigenvalue weighted by Crippen LogP contribution is -2.43. The van der Waals surface area contributed by atoms with Crippen molar-refractivity contribution in [1.82, 2.24) is 15.6 Å². The number of nitrogen functional groups attached to an aromatic ring is 1. The summed E-state index contributed by atoms with van der Waals surface area (Å²) in [5.41, 5.74) is 5.93. The van der Waals surface area contributed by atoms with Crippen LogP contribution in [0, 0.1) is 5.92 Å². The number of hydrogen-bond donors (Lipinski definition) is 3. The second-order valence-corrected chi connectivity index (χ2v) is 6.57. The zero-order chi connectivity index (χ0) is 15.4. The second-order valence-electron chi connectivity index (χ2n) is 5.60. The first-order chi connectivity index (χ1) is 10.0. The summed E-state index contributed by atoms with van der Waals surface area (Å²) >= 11 is 1.39. The summed E-state index contributed by atoms with van der Waals surface area (Å²) in [6, 6.07) is 0.131. The van der Waals surface area contributed by atoms with Crippen LogP contribution < -0.4 is 21.3 Å². The third-order valence-corrected chi connectivity index (χ3v) is 5.22. The summed E-state index contributed by atoms with van der Waals surface area (Å²) in [6.07, 6.45) is 1.03. The van der Waals surface area contributed by atoms with Crippen molar-refractivity contribution < 1.29 is 4.79 Å². The van der Waals surface area contributed by atoms with Crippen LogP contribution in [0.1, 0.15) is 36.9 Å². The number of carbonyl (C=O) groups excluding carboxylic acids is 1. The number of piperazine rings is 1. The van der Waals surface area contributed by atoms with Crippen LogP contribution >= 0.6 is 11.3 Å². The Labute approximate surface area is 130 Å². The molecular formula is C14H25N5OS. The molecule has 1 aliphatic heterocycles. The van der Waals surface area contributed by atoms with E-state index in [0.717, 1.165) is 37.7 Å². The van der Waals surface area contributed by atoms with E-state index in [1.165, 1.54) is 11.3 Å². The molecule has 2 unspecified atom stereocenters. The molecule has 0 radical (unpaired) electrons. The molecule has 0 bridgehead atoms. The first-order valence-electron chi connectivity index (χ1n) is 7.55. The van der Waals surface area contributed by atoms with Gasteiger partial charge in [0.15, 0.2) is 5.13 Å². The molecule has 1 aliphatic rings. The molecule has 1 aromatic heterocycles. The van der Waals surface area contributed by atoms with E-state index in [0.29, 0.717) is 16.6 Å². The number of thiazole rings is 1. The maximum absolute atomic E-state index is 12.3. The maximum atomic E-state index is 12.3. The summed E-state index contributed by atoms with van der Waals surface area (Å²) in [5, 5.41) is 7.17. The minimum atomic E-state index is -0.112. The fourth-order valence-corrected chi connectivity index (χ4v) is 3.18. The van der Waals surface area contributed by atoms with Gasteiger partial charge < -0.3 is 21.3 Å². The highest BCUT2D eigenvalue weighted by Crippen LogP contribution is 2.28. The number of aromatic nitrogens is 1. The topological polar surface area (TPSA) is 83.3 Å². The van der Waals surface area contributed by atoms with Crippen LogP contribution in [0.25, 0.3) is 0 Å². The lowest BCUT2D eigenvalue weighted by molar-refractivity contribution is 0.0933. The predicted molar refractivity (Wildman–Crippen MR) is 88.0 cm³/mol. The first kappa shape index (κ1) is 16.0. The van der Waals surface area contributed by atoms with Crippen LogP contribution in [-0.4, -0.2) is 43.1 Å². The first-order valence-corrected chi connectivity index (χ1v) is 8.37. The van der Waals surface area contributed by atoms with E-state index in [1.54, 1.807) is 0 Å². The van der Waals surface area contributed by atoms with Crippen LogP contribution in [0.3, 0.4) is 0 Å². The number of amides is 1. The molecule has 0 aliphatic carbocycles. The monoisotopic (exact) mass is 311 g/mol. The maximum Gasteiger partial charge on any atom is 0.265 e. The Morgan fingerprint density at radius 1 is 1.48 bits per heavy atom. The minimum absolute atomic E-state index is 0.112. The minimum Gasteiger partial charge on any atom is -0.382 e. The van der Waals surface area contributed by atoms with Crippen molar-refractivity contribution in [3.63, 3.8) is 0 Å². The number of anilines is 2. The van der Waals surface area contributed by atoms with Crippen molar-refractivity contribution in [3.8, 4) is 0 Å². The molecule has 2 rings (SSSR count). The molecule has 0 spiro atoms. The normalized spacial score (nSPS) is 18.3. The Kier molecular flexibility index (Phi) is 5.41. The van der Waals surface area contributed by atoms with Crippen molar-refractivity contribution in [2.45, 2.75) is 33.2 Å². The Morgan fingerprint density at radius 3 is 2.76 bits per heavy atom. The van der Waals surface area contributed by atoms with E-state index in [9.17, 15) is 4.79 Å². The van der Waals surface area contributed by atoms with Crippen LogP contribution in [-0.2, 0) is 0 Å². The molecule has 1 amide bonds. The Hall–Kier alpha value is -1.34. The molecule has 1 saturated heterocycles. The molecule has 0 aromatic carbocycles. The summed E-state index contributed by atoms with van der Waals surface area (Å²) in [6.45, 7) is 9.96. The lowest BCUT2D eigenvalue weighted by Gasteiger charge is -2.26. The third kappa shape index (κ3) is 3.85. The molecule has 2 heterocycles. The number of rotatable bonds is 5. The fraction of sp³-hybridized carbons (Fsp3) is 0.714. The van der Waals surface area contributed by atoms with Crippen LogP contribution in [0.5, 0.6) is 0 Å². The van der Waals surface area contributed by atoms with Gasteiger partial charge in [0.25, 0.3) is 5.91 Å². The van der Waals surface area contributed by atoms with Crippen molar-refractivity contribution in [2.24, 2.45) is 5.92 Å². The number of carbonyl (C=O) groups is 1. The molecular weight excluding hydrogens is 286 g/mol. The summed E-state index contributed by atoms with van der Waals surface area (Å²) in [7, 11) is 0. The smallest absolute Gasteiger partial charge is 0.265 e. The zero-order valence-corrected chi connectivity index (χ0v) is 13.8. The average molecular weight is 311 g/mol. The van der Waals surface area contributed by atoms with Crippen molar-refractivity contribution >= 4 is 28.2 Å². The molecule has 118 valence electrons. The number of nitrogens with zero attached hydrogens (tertiary/aromatic N) is 2. The van der Waals surface area contributed by atoms with Gasteiger partial charge in [0, 0.05) is 32.2 Å². The number of nitrogens with one attached hydrogen (secondary N) is 2. The molecule has 2 atom stereocenters. The van der Waals surface area contributed by atoms with Gasteiger partial charge in [0.1, 0.15) is 10.7 Å². The number of nitrogens with two attached hydrogens (primary N) is 1. The molecule has 7 heteroatoms. The lowest BCUT2D eigenvalue weighted by atomic mass is 10.0. The average Bonchev–Trinajstić information content (AvgIpc) is 2.89. The van der Waals surface area contributed by atoms with E-state index >= 15 is 0 Å². The third-order valence-electron chi connectivity index (χ3n) is 4.09. The summed E-state index contributed by atoms with van der Waals surface area (Å²) in [5.74, 6) is 0.664. The van der Waals surface area contributed by atoms with Gasteiger partial charge in [-0.15, -0.1) is 0 Å². The van der Waals surface area contributed by atoms with Gasteiger partial charge in [0.2, 0.25) is 0 Å². The van der Waals surface area contributed by atoms with Crippen molar-refractivity contribution in [2.75, 3.05) is 36.8 Å². The molecule has 1 fully saturated rings. The molecule has 6 nitrogen and oxygen atoms in total. The number of hydrogen-bond acceptors (Lipinski definition) is 6. The van der Waals surface area contributed by atoms with Gasteiger partial charge in [-0.25, -0.2) is 4.98 Å². The van der Waals surface area contributed by atoms with Gasteiger partial charge in [-0.3, -0.25) is 4.79 Å². The van der Waals surface area contributed by atoms with E-state index in [1.807, 2.05) is 6.92 Å². The summed E-state index contributed by atoms with van der Waals surface area (Å²) < 4.78 is 0.